The molecule has 24 heavy (non-hydrogen) atoms. The third kappa shape index (κ3) is 3.66. The lowest BCUT2D eigenvalue weighted by Crippen LogP contribution is -2.47. The molecule has 1 aromatic carbocycles. The van der Waals surface area contributed by atoms with Gasteiger partial charge in [0, 0.05) is 24.6 Å². The van der Waals surface area contributed by atoms with Gasteiger partial charge in [0.1, 0.15) is 0 Å². The van der Waals surface area contributed by atoms with Crippen molar-refractivity contribution in [1.82, 2.24) is 20.8 Å². The second kappa shape index (κ2) is 7.59. The van der Waals surface area contributed by atoms with Crippen LogP contribution in [-0.4, -0.2) is 49.5 Å². The van der Waals surface area contributed by atoms with Crippen LogP contribution >= 0.6 is 0 Å². The van der Waals surface area contributed by atoms with E-state index >= 15 is 0 Å². The molecule has 0 bridgehead atoms. The van der Waals surface area contributed by atoms with Gasteiger partial charge in [0.05, 0.1) is 24.1 Å². The molecule has 3 N–H and O–H groups in total. The smallest absolute Gasteiger partial charge is 0.255 e. The largest absolute Gasteiger partial charge is 0.384 e. The summed E-state index contributed by atoms with van der Waals surface area (Å²) >= 11 is 0. The highest BCUT2D eigenvalue weighted by atomic mass is 16.5. The molecule has 0 aliphatic carbocycles. The number of hydrogen-bond donors (Lipinski definition) is 3. The minimum atomic E-state index is -0.100. The number of ether oxygens (including phenoxy) is 1. The lowest BCUT2D eigenvalue weighted by molar-refractivity contribution is 0.0512. The van der Waals surface area contributed by atoms with E-state index in [9.17, 15) is 4.79 Å². The number of nitrogens with one attached hydrogen (secondary N) is 3. The summed E-state index contributed by atoms with van der Waals surface area (Å²) in [5.74, 6) is -0.100. The zero-order valence-corrected chi connectivity index (χ0v) is 14.0. The highest BCUT2D eigenvalue weighted by Crippen LogP contribution is 2.28. The van der Waals surface area contributed by atoms with E-state index in [2.05, 4.69) is 20.8 Å². The summed E-state index contributed by atoms with van der Waals surface area (Å²) in [6, 6.07) is 9.76. The Morgan fingerprint density at radius 3 is 2.75 bits per heavy atom. The molecule has 6 nitrogen and oxygen atoms in total. The number of nitrogens with zero attached hydrogens (tertiary/aromatic N) is 1. The number of aromatic nitrogens is 2. The average molecular weight is 328 g/mol. The quantitative estimate of drug-likeness (QED) is 0.756. The molecule has 6 heteroatoms. The number of carbonyl (C=O) groups is 1. The first-order valence-corrected chi connectivity index (χ1v) is 8.31. The minimum Gasteiger partial charge on any atom is -0.384 e. The summed E-state index contributed by atoms with van der Waals surface area (Å²) in [4.78, 5) is 12.7. The molecular weight excluding hydrogens is 304 g/mol. The standard InChI is InChI=1S/C18H24N4O2/c1-24-13-18(7-9-19-10-8-18)12-20-17(23)15-11-21-22-16(15)14-5-3-2-4-6-14/h2-6,11,19H,7-10,12-13H2,1H3,(H,20,23)(H,21,22). The van der Waals surface area contributed by atoms with Crippen molar-refractivity contribution in [3.63, 3.8) is 0 Å². The lowest BCUT2D eigenvalue weighted by Gasteiger charge is -2.37. The van der Waals surface area contributed by atoms with E-state index in [4.69, 9.17) is 4.74 Å². The fourth-order valence-corrected chi connectivity index (χ4v) is 3.28. The Morgan fingerprint density at radius 2 is 2.04 bits per heavy atom. The van der Waals surface area contributed by atoms with Crippen LogP contribution in [-0.2, 0) is 4.74 Å². The third-order valence-corrected chi connectivity index (χ3v) is 4.69. The molecule has 1 aliphatic heterocycles. The number of piperidine rings is 1. The Morgan fingerprint density at radius 1 is 1.29 bits per heavy atom. The van der Waals surface area contributed by atoms with Crippen molar-refractivity contribution in [2.24, 2.45) is 5.41 Å². The van der Waals surface area contributed by atoms with Crippen molar-refractivity contribution in [1.29, 1.82) is 0 Å². The first-order chi connectivity index (χ1) is 11.7. The van der Waals surface area contributed by atoms with Gasteiger partial charge in [-0.2, -0.15) is 5.10 Å². The molecule has 2 heterocycles. The summed E-state index contributed by atoms with van der Waals surface area (Å²) in [6.45, 7) is 3.19. The van der Waals surface area contributed by atoms with Crippen molar-refractivity contribution in [3.8, 4) is 11.3 Å². The van der Waals surface area contributed by atoms with E-state index in [-0.39, 0.29) is 11.3 Å². The molecule has 0 radical (unpaired) electrons. The van der Waals surface area contributed by atoms with E-state index in [0.717, 1.165) is 37.2 Å². The highest BCUT2D eigenvalue weighted by molar-refractivity contribution is 5.99. The van der Waals surface area contributed by atoms with E-state index in [0.29, 0.717) is 18.7 Å². The molecule has 1 fully saturated rings. The summed E-state index contributed by atoms with van der Waals surface area (Å²) in [5.41, 5.74) is 2.28. The summed E-state index contributed by atoms with van der Waals surface area (Å²) in [5, 5.41) is 13.4. The van der Waals surface area contributed by atoms with E-state index in [1.807, 2.05) is 30.3 Å². The number of rotatable bonds is 6. The molecule has 2 aromatic rings. The topological polar surface area (TPSA) is 79.0 Å². The fourth-order valence-electron chi connectivity index (χ4n) is 3.28. The van der Waals surface area contributed by atoms with Crippen LogP contribution in [0.1, 0.15) is 23.2 Å². The monoisotopic (exact) mass is 328 g/mol. The summed E-state index contributed by atoms with van der Waals surface area (Å²) in [6.07, 6.45) is 3.58. The molecular formula is C18H24N4O2. The van der Waals surface area contributed by atoms with Gasteiger partial charge >= 0.3 is 0 Å². The van der Waals surface area contributed by atoms with Crippen LogP contribution in [0.4, 0.5) is 0 Å². The van der Waals surface area contributed by atoms with Crippen molar-refractivity contribution < 1.29 is 9.53 Å². The van der Waals surface area contributed by atoms with Gasteiger partial charge < -0.3 is 15.4 Å². The molecule has 1 saturated heterocycles. The highest BCUT2D eigenvalue weighted by Gasteiger charge is 2.32. The number of hydrogen-bond acceptors (Lipinski definition) is 4. The maximum Gasteiger partial charge on any atom is 0.255 e. The zero-order chi connectivity index (χ0) is 16.8. The van der Waals surface area contributed by atoms with Gasteiger partial charge in [0.15, 0.2) is 0 Å². The third-order valence-electron chi connectivity index (χ3n) is 4.69. The van der Waals surface area contributed by atoms with Crippen LogP contribution in [0.2, 0.25) is 0 Å². The maximum absolute atomic E-state index is 12.7. The van der Waals surface area contributed by atoms with Gasteiger partial charge in [-0.1, -0.05) is 30.3 Å². The van der Waals surface area contributed by atoms with Gasteiger partial charge in [-0.15, -0.1) is 0 Å². The van der Waals surface area contributed by atoms with Gasteiger partial charge in [0.25, 0.3) is 5.91 Å². The predicted molar refractivity (Wildman–Crippen MR) is 92.8 cm³/mol. The maximum atomic E-state index is 12.7. The van der Waals surface area contributed by atoms with Crippen LogP contribution in [0.25, 0.3) is 11.3 Å². The summed E-state index contributed by atoms with van der Waals surface area (Å²) in [7, 11) is 1.72. The van der Waals surface area contributed by atoms with Crippen molar-refractivity contribution in [2.75, 3.05) is 33.4 Å². The van der Waals surface area contributed by atoms with Crippen LogP contribution in [0.3, 0.4) is 0 Å². The van der Waals surface area contributed by atoms with Crippen molar-refractivity contribution in [2.45, 2.75) is 12.8 Å². The Balaban J connectivity index is 1.70. The number of H-pyrrole nitrogens is 1. The molecule has 1 aliphatic rings. The molecule has 3 rings (SSSR count). The van der Waals surface area contributed by atoms with Crippen LogP contribution < -0.4 is 10.6 Å². The first-order valence-electron chi connectivity index (χ1n) is 8.31. The number of methoxy groups -OCH3 is 1. The van der Waals surface area contributed by atoms with Crippen molar-refractivity contribution >= 4 is 5.91 Å². The van der Waals surface area contributed by atoms with Crippen LogP contribution in [0, 0.1) is 5.41 Å². The van der Waals surface area contributed by atoms with E-state index in [1.165, 1.54) is 0 Å². The normalized spacial score (nSPS) is 16.7. The van der Waals surface area contributed by atoms with Gasteiger partial charge in [0.2, 0.25) is 0 Å². The van der Waals surface area contributed by atoms with E-state index < -0.39 is 0 Å². The molecule has 1 amide bonds. The van der Waals surface area contributed by atoms with E-state index in [1.54, 1.807) is 13.3 Å². The second-order valence-electron chi connectivity index (χ2n) is 6.39. The molecule has 1 aromatic heterocycles. The predicted octanol–water partition coefficient (Wildman–Crippen LogP) is 1.82. The van der Waals surface area contributed by atoms with Gasteiger partial charge in [-0.05, 0) is 25.9 Å². The zero-order valence-electron chi connectivity index (χ0n) is 14.0. The van der Waals surface area contributed by atoms with Crippen LogP contribution in [0.15, 0.2) is 36.5 Å². The number of benzene rings is 1. The second-order valence-corrected chi connectivity index (χ2v) is 6.39. The number of amides is 1. The SMILES string of the molecule is COCC1(CNC(=O)c2cn[nH]c2-c2ccccc2)CCNCC1. The Kier molecular flexibility index (Phi) is 5.27. The molecule has 0 atom stereocenters. The van der Waals surface area contributed by atoms with Crippen LogP contribution in [0.5, 0.6) is 0 Å². The number of carbonyl (C=O) groups excluding carboxylic acids is 1. The average Bonchev–Trinajstić information content (AvgIpc) is 3.11. The Bertz CT molecular complexity index is 657. The van der Waals surface area contributed by atoms with Gasteiger partial charge in [-0.25, -0.2) is 0 Å². The molecule has 0 saturated carbocycles. The Hall–Kier alpha value is -2.18. The molecule has 128 valence electrons. The summed E-state index contributed by atoms with van der Waals surface area (Å²) < 4.78 is 5.40. The lowest BCUT2D eigenvalue weighted by atomic mass is 9.79. The minimum absolute atomic E-state index is 0.00626. The molecule has 0 unspecified atom stereocenters. The van der Waals surface area contributed by atoms with Gasteiger partial charge in [-0.3, -0.25) is 9.89 Å². The van der Waals surface area contributed by atoms with Crippen molar-refractivity contribution in [3.05, 3.63) is 42.1 Å². The number of aromatic amines is 1. The first kappa shape index (κ1) is 16.7. The molecule has 0 spiro atoms. The Labute approximate surface area is 142 Å². The fraction of sp³-hybridized carbons (Fsp3) is 0.444.